The van der Waals surface area contributed by atoms with Gasteiger partial charge in [0.15, 0.2) is 0 Å². The van der Waals surface area contributed by atoms with Gasteiger partial charge in [0.05, 0.1) is 5.02 Å². The van der Waals surface area contributed by atoms with Crippen LogP contribution in [0.5, 0.6) is 0 Å². The van der Waals surface area contributed by atoms with E-state index in [1.165, 1.54) is 6.42 Å². The smallest absolute Gasteiger partial charge is 0.0637 e. The summed E-state index contributed by atoms with van der Waals surface area (Å²) in [5, 5.41) is 0.676. The summed E-state index contributed by atoms with van der Waals surface area (Å²) in [7, 11) is 0. The van der Waals surface area contributed by atoms with Crippen molar-refractivity contribution in [1.29, 1.82) is 0 Å². The van der Waals surface area contributed by atoms with Crippen molar-refractivity contribution in [2.75, 3.05) is 0 Å². The van der Waals surface area contributed by atoms with Crippen LogP contribution in [-0.2, 0) is 0 Å². The molecule has 0 aliphatic rings. The van der Waals surface area contributed by atoms with Crippen molar-refractivity contribution in [3.8, 4) is 0 Å². The highest BCUT2D eigenvalue weighted by atomic mass is 35.5. The van der Waals surface area contributed by atoms with Gasteiger partial charge in [0, 0.05) is 18.4 Å². The van der Waals surface area contributed by atoms with E-state index in [-0.39, 0.29) is 6.04 Å². The fourth-order valence-corrected chi connectivity index (χ4v) is 1.98. The van der Waals surface area contributed by atoms with E-state index in [2.05, 4.69) is 24.3 Å². The van der Waals surface area contributed by atoms with Gasteiger partial charge in [-0.05, 0) is 24.0 Å². The Bertz CT molecular complexity index is 315. The summed E-state index contributed by atoms with van der Waals surface area (Å²) in [5.41, 5.74) is 3.85. The second-order valence-electron chi connectivity index (χ2n) is 4.44. The number of hydrazine groups is 1. The summed E-state index contributed by atoms with van der Waals surface area (Å²) in [4.78, 5) is 3.97. The molecule has 0 bridgehead atoms. The molecule has 1 heterocycles. The lowest BCUT2D eigenvalue weighted by molar-refractivity contribution is 0.455. The number of rotatable bonds is 6. The lowest BCUT2D eigenvalue weighted by Crippen LogP contribution is -2.28. The van der Waals surface area contributed by atoms with Gasteiger partial charge in [0.2, 0.25) is 0 Å². The van der Waals surface area contributed by atoms with Crippen LogP contribution in [0.15, 0.2) is 18.5 Å². The summed E-state index contributed by atoms with van der Waals surface area (Å²) >= 11 is 6.08. The topological polar surface area (TPSA) is 50.9 Å². The second kappa shape index (κ2) is 6.84. The Morgan fingerprint density at radius 3 is 2.75 bits per heavy atom. The third kappa shape index (κ3) is 4.08. The molecule has 1 atom stereocenters. The van der Waals surface area contributed by atoms with Crippen LogP contribution in [-0.4, -0.2) is 4.98 Å². The van der Waals surface area contributed by atoms with Crippen molar-refractivity contribution in [3.05, 3.63) is 29.0 Å². The van der Waals surface area contributed by atoms with Gasteiger partial charge >= 0.3 is 0 Å². The average Bonchev–Trinajstić information content (AvgIpc) is 2.25. The average molecular weight is 242 g/mol. The molecule has 0 aromatic carbocycles. The van der Waals surface area contributed by atoms with Crippen LogP contribution in [0.1, 0.15) is 44.7 Å². The molecule has 3 nitrogen and oxygen atoms in total. The van der Waals surface area contributed by atoms with Gasteiger partial charge in [0.1, 0.15) is 0 Å². The van der Waals surface area contributed by atoms with Gasteiger partial charge in [-0.15, -0.1) is 0 Å². The van der Waals surface area contributed by atoms with Crippen LogP contribution in [0.25, 0.3) is 0 Å². The van der Waals surface area contributed by atoms with Crippen molar-refractivity contribution in [2.24, 2.45) is 11.8 Å². The maximum Gasteiger partial charge on any atom is 0.0637 e. The van der Waals surface area contributed by atoms with E-state index in [1.807, 2.05) is 6.07 Å². The van der Waals surface area contributed by atoms with Crippen LogP contribution >= 0.6 is 11.6 Å². The molecule has 1 aromatic heterocycles. The van der Waals surface area contributed by atoms with E-state index in [9.17, 15) is 0 Å². The molecular weight excluding hydrogens is 222 g/mol. The molecule has 0 saturated carbocycles. The number of halogens is 1. The summed E-state index contributed by atoms with van der Waals surface area (Å²) < 4.78 is 0. The maximum absolute atomic E-state index is 6.08. The monoisotopic (exact) mass is 241 g/mol. The van der Waals surface area contributed by atoms with Crippen molar-refractivity contribution in [2.45, 2.75) is 39.2 Å². The Balaban J connectivity index is 2.57. The standard InChI is InChI=1S/C12H20ClN3/c1-9(2)4-3-5-12(16-14)10-6-7-15-8-11(10)13/h6-9,12,16H,3-5,14H2,1-2H3. The number of nitrogens with one attached hydrogen (secondary N) is 1. The van der Waals surface area contributed by atoms with E-state index in [0.29, 0.717) is 5.02 Å². The first-order chi connectivity index (χ1) is 7.65. The Kier molecular flexibility index (Phi) is 5.74. The van der Waals surface area contributed by atoms with E-state index >= 15 is 0 Å². The van der Waals surface area contributed by atoms with Crippen LogP contribution < -0.4 is 11.3 Å². The molecule has 0 amide bonds. The maximum atomic E-state index is 6.08. The van der Waals surface area contributed by atoms with Crippen molar-refractivity contribution >= 4 is 11.6 Å². The molecule has 1 unspecified atom stereocenters. The van der Waals surface area contributed by atoms with Gasteiger partial charge in [0.25, 0.3) is 0 Å². The fraction of sp³-hybridized carbons (Fsp3) is 0.583. The first-order valence-corrected chi connectivity index (χ1v) is 6.08. The minimum atomic E-state index is 0.120. The molecule has 0 radical (unpaired) electrons. The molecule has 1 aromatic rings. The zero-order valence-electron chi connectivity index (χ0n) is 9.91. The van der Waals surface area contributed by atoms with E-state index in [4.69, 9.17) is 17.4 Å². The van der Waals surface area contributed by atoms with Crippen LogP contribution in [0.4, 0.5) is 0 Å². The van der Waals surface area contributed by atoms with Gasteiger partial charge < -0.3 is 0 Å². The van der Waals surface area contributed by atoms with Crippen molar-refractivity contribution in [3.63, 3.8) is 0 Å². The third-order valence-corrected chi connectivity index (χ3v) is 2.97. The Hall–Kier alpha value is -0.640. The van der Waals surface area contributed by atoms with Gasteiger partial charge in [-0.3, -0.25) is 16.3 Å². The molecule has 3 N–H and O–H groups in total. The predicted molar refractivity (Wildman–Crippen MR) is 68.0 cm³/mol. The van der Waals surface area contributed by atoms with E-state index in [1.54, 1.807) is 12.4 Å². The van der Waals surface area contributed by atoms with Crippen molar-refractivity contribution in [1.82, 2.24) is 10.4 Å². The van der Waals surface area contributed by atoms with E-state index in [0.717, 1.165) is 24.3 Å². The molecule has 0 saturated heterocycles. The molecular formula is C12H20ClN3. The SMILES string of the molecule is CC(C)CCCC(NN)c1ccncc1Cl. The number of hydrogen-bond acceptors (Lipinski definition) is 3. The first-order valence-electron chi connectivity index (χ1n) is 5.70. The quantitative estimate of drug-likeness (QED) is 0.595. The van der Waals surface area contributed by atoms with Crippen LogP contribution in [0, 0.1) is 5.92 Å². The minimum absolute atomic E-state index is 0.120. The number of nitrogens with zero attached hydrogens (tertiary/aromatic N) is 1. The van der Waals surface area contributed by atoms with Crippen LogP contribution in [0.3, 0.4) is 0 Å². The largest absolute Gasteiger partial charge is 0.271 e. The molecule has 0 spiro atoms. The van der Waals surface area contributed by atoms with Crippen molar-refractivity contribution < 1.29 is 0 Å². The number of aromatic nitrogens is 1. The highest BCUT2D eigenvalue weighted by Crippen LogP contribution is 2.25. The number of nitrogens with two attached hydrogens (primary N) is 1. The van der Waals surface area contributed by atoms with Crippen LogP contribution in [0.2, 0.25) is 5.02 Å². The minimum Gasteiger partial charge on any atom is -0.271 e. The molecule has 0 fully saturated rings. The highest BCUT2D eigenvalue weighted by molar-refractivity contribution is 6.31. The Labute approximate surface area is 102 Å². The zero-order chi connectivity index (χ0) is 12.0. The van der Waals surface area contributed by atoms with E-state index < -0.39 is 0 Å². The molecule has 4 heteroatoms. The molecule has 1 rings (SSSR count). The third-order valence-electron chi connectivity index (χ3n) is 2.65. The molecule has 0 aliphatic heterocycles. The van der Waals surface area contributed by atoms with Gasteiger partial charge in [-0.1, -0.05) is 38.3 Å². The molecule has 0 aliphatic carbocycles. The lowest BCUT2D eigenvalue weighted by Gasteiger charge is -2.17. The summed E-state index contributed by atoms with van der Waals surface area (Å²) in [6.07, 6.45) is 6.75. The first kappa shape index (κ1) is 13.4. The Morgan fingerprint density at radius 1 is 1.44 bits per heavy atom. The van der Waals surface area contributed by atoms with Gasteiger partial charge in [-0.2, -0.15) is 0 Å². The summed E-state index contributed by atoms with van der Waals surface area (Å²) in [6, 6.07) is 2.04. The Morgan fingerprint density at radius 2 is 2.19 bits per heavy atom. The lowest BCUT2D eigenvalue weighted by atomic mass is 9.99. The fourth-order valence-electron chi connectivity index (χ4n) is 1.73. The molecule has 16 heavy (non-hydrogen) atoms. The molecule has 90 valence electrons. The summed E-state index contributed by atoms with van der Waals surface area (Å²) in [6.45, 7) is 4.45. The second-order valence-corrected chi connectivity index (χ2v) is 4.85. The highest BCUT2D eigenvalue weighted by Gasteiger charge is 2.12. The number of hydrogen-bond donors (Lipinski definition) is 2. The van der Waals surface area contributed by atoms with Gasteiger partial charge in [-0.25, -0.2) is 0 Å². The summed E-state index contributed by atoms with van der Waals surface area (Å²) in [5.74, 6) is 6.29. The predicted octanol–water partition coefficient (Wildman–Crippen LogP) is 3.07. The normalized spacial score (nSPS) is 13.1. The zero-order valence-corrected chi connectivity index (χ0v) is 10.7. The number of pyridine rings is 1.